The zero-order valence-corrected chi connectivity index (χ0v) is 16.6. The summed E-state index contributed by atoms with van der Waals surface area (Å²) in [6, 6.07) is 10.7. The number of carbonyl (C=O) groups is 1. The van der Waals surface area contributed by atoms with E-state index in [-0.39, 0.29) is 5.91 Å². The number of methoxy groups -OCH3 is 2. The van der Waals surface area contributed by atoms with E-state index >= 15 is 0 Å². The molecule has 7 nitrogen and oxygen atoms in total. The Morgan fingerprint density at radius 3 is 2.64 bits per heavy atom. The van der Waals surface area contributed by atoms with Gasteiger partial charge in [0.2, 0.25) is 0 Å². The van der Waals surface area contributed by atoms with Crippen molar-refractivity contribution in [3.63, 3.8) is 0 Å². The zero-order chi connectivity index (χ0) is 19.8. The molecule has 1 amide bonds. The first-order valence-electron chi connectivity index (χ1n) is 8.71. The van der Waals surface area contributed by atoms with Crippen molar-refractivity contribution in [3.8, 4) is 11.5 Å². The summed E-state index contributed by atoms with van der Waals surface area (Å²) in [4.78, 5) is 18.8. The molecule has 0 saturated carbocycles. The normalized spacial score (nSPS) is 10.6. The van der Waals surface area contributed by atoms with Crippen molar-refractivity contribution >= 4 is 17.2 Å². The van der Waals surface area contributed by atoms with Crippen LogP contribution in [0.25, 0.3) is 0 Å². The van der Waals surface area contributed by atoms with Gasteiger partial charge in [0.1, 0.15) is 23.1 Å². The first kappa shape index (κ1) is 19.9. The van der Waals surface area contributed by atoms with Gasteiger partial charge in [0.25, 0.3) is 5.91 Å². The molecule has 0 radical (unpaired) electrons. The molecule has 0 unspecified atom stereocenters. The number of hydrogen-bond donors (Lipinski definition) is 0. The maximum absolute atomic E-state index is 12.6. The lowest BCUT2D eigenvalue weighted by atomic mass is 10.3. The lowest BCUT2D eigenvalue weighted by Gasteiger charge is -2.20. The zero-order valence-electron chi connectivity index (χ0n) is 15.8. The fourth-order valence-corrected chi connectivity index (χ4v) is 3.21. The van der Waals surface area contributed by atoms with Crippen LogP contribution < -0.4 is 9.47 Å². The van der Waals surface area contributed by atoms with Crippen LogP contribution in [0.1, 0.15) is 21.3 Å². The number of rotatable bonds is 10. The number of furan rings is 1. The van der Waals surface area contributed by atoms with Crippen LogP contribution in [-0.4, -0.2) is 43.2 Å². The van der Waals surface area contributed by atoms with Gasteiger partial charge in [-0.2, -0.15) is 0 Å². The second kappa shape index (κ2) is 9.91. The highest BCUT2D eigenvalue weighted by atomic mass is 32.1. The predicted octanol–water partition coefficient (Wildman–Crippen LogP) is 3.61. The molecule has 28 heavy (non-hydrogen) atoms. The van der Waals surface area contributed by atoms with Crippen LogP contribution in [0.3, 0.4) is 0 Å². The number of thiazole rings is 1. The third kappa shape index (κ3) is 5.34. The fraction of sp³-hybridized carbons (Fsp3) is 0.300. The van der Waals surface area contributed by atoms with E-state index in [1.54, 1.807) is 31.3 Å². The van der Waals surface area contributed by atoms with Crippen molar-refractivity contribution < 1.29 is 23.4 Å². The molecule has 0 aliphatic carbocycles. The number of benzene rings is 1. The average molecular weight is 402 g/mol. The van der Waals surface area contributed by atoms with E-state index in [0.29, 0.717) is 32.1 Å². The maximum atomic E-state index is 12.6. The topological polar surface area (TPSA) is 74.0 Å². The SMILES string of the molecule is COCCN(Cc1csc(COc2ccc(OC)cc2)n1)C(=O)c1ccco1. The number of hydrogen-bond acceptors (Lipinski definition) is 7. The Morgan fingerprint density at radius 1 is 1.18 bits per heavy atom. The summed E-state index contributed by atoms with van der Waals surface area (Å²) in [6.07, 6.45) is 1.49. The highest BCUT2D eigenvalue weighted by molar-refractivity contribution is 7.09. The van der Waals surface area contributed by atoms with Crippen LogP contribution in [0.15, 0.2) is 52.5 Å². The Kier molecular flexibility index (Phi) is 7.05. The van der Waals surface area contributed by atoms with Crippen molar-refractivity contribution in [1.82, 2.24) is 9.88 Å². The van der Waals surface area contributed by atoms with Gasteiger partial charge >= 0.3 is 0 Å². The summed E-state index contributed by atoms with van der Waals surface area (Å²) in [7, 11) is 3.23. The molecule has 2 heterocycles. The summed E-state index contributed by atoms with van der Waals surface area (Å²) in [5.41, 5.74) is 0.800. The number of aromatic nitrogens is 1. The smallest absolute Gasteiger partial charge is 0.289 e. The standard InChI is InChI=1S/C20H22N2O5S/c1-24-11-9-22(20(23)18-4-3-10-26-18)12-15-14-28-19(21-15)13-27-17-7-5-16(25-2)6-8-17/h3-8,10,14H,9,11-13H2,1-2H3. The Hall–Kier alpha value is -2.84. The molecule has 0 fully saturated rings. The number of amides is 1. The van der Waals surface area contributed by atoms with Gasteiger partial charge in [0.15, 0.2) is 5.76 Å². The second-order valence-electron chi connectivity index (χ2n) is 5.89. The fourth-order valence-electron chi connectivity index (χ4n) is 2.51. The van der Waals surface area contributed by atoms with Gasteiger partial charge < -0.3 is 23.5 Å². The Labute approximate surface area is 167 Å². The molecule has 8 heteroatoms. The van der Waals surface area contributed by atoms with Crippen molar-refractivity contribution in [2.24, 2.45) is 0 Å². The molecule has 1 aromatic carbocycles. The first-order valence-corrected chi connectivity index (χ1v) is 9.59. The molecular formula is C20H22N2O5S. The minimum atomic E-state index is -0.189. The average Bonchev–Trinajstić information content (AvgIpc) is 3.41. The van der Waals surface area contributed by atoms with Gasteiger partial charge in [0.05, 0.1) is 32.2 Å². The molecule has 0 spiro atoms. The van der Waals surface area contributed by atoms with Crippen molar-refractivity contribution in [1.29, 1.82) is 0 Å². The number of carbonyl (C=O) groups excluding carboxylic acids is 1. The Balaban J connectivity index is 1.59. The van der Waals surface area contributed by atoms with E-state index in [1.165, 1.54) is 17.6 Å². The van der Waals surface area contributed by atoms with Crippen molar-refractivity contribution in [3.05, 3.63) is 64.5 Å². The molecular weight excluding hydrogens is 380 g/mol. The van der Waals surface area contributed by atoms with Gasteiger partial charge in [-0.05, 0) is 36.4 Å². The third-order valence-electron chi connectivity index (χ3n) is 3.96. The van der Waals surface area contributed by atoms with Crippen LogP contribution in [0.4, 0.5) is 0 Å². The lowest BCUT2D eigenvalue weighted by molar-refractivity contribution is 0.0647. The Morgan fingerprint density at radius 2 is 1.96 bits per heavy atom. The molecule has 2 aromatic heterocycles. The van der Waals surface area contributed by atoms with E-state index in [1.807, 2.05) is 29.6 Å². The first-order chi connectivity index (χ1) is 13.7. The van der Waals surface area contributed by atoms with E-state index in [4.69, 9.17) is 18.6 Å². The summed E-state index contributed by atoms with van der Waals surface area (Å²) in [5, 5.41) is 2.77. The lowest BCUT2D eigenvalue weighted by Crippen LogP contribution is -2.33. The van der Waals surface area contributed by atoms with Gasteiger partial charge in [-0.1, -0.05) is 0 Å². The van der Waals surface area contributed by atoms with Crippen molar-refractivity contribution in [2.75, 3.05) is 27.4 Å². The molecule has 0 aliphatic rings. The molecule has 0 N–H and O–H groups in total. The van der Waals surface area contributed by atoms with Crippen LogP contribution in [0, 0.1) is 0 Å². The molecule has 0 aliphatic heterocycles. The molecule has 0 bridgehead atoms. The third-order valence-corrected chi connectivity index (χ3v) is 4.83. The van der Waals surface area contributed by atoms with Crippen LogP contribution in [0.5, 0.6) is 11.5 Å². The van der Waals surface area contributed by atoms with Crippen molar-refractivity contribution in [2.45, 2.75) is 13.2 Å². The summed E-state index contributed by atoms with van der Waals surface area (Å²) in [5.74, 6) is 1.63. The molecule has 3 rings (SSSR count). The minimum Gasteiger partial charge on any atom is -0.497 e. The minimum absolute atomic E-state index is 0.189. The number of nitrogens with zero attached hydrogens (tertiary/aromatic N) is 2. The van der Waals surface area contributed by atoms with Gasteiger partial charge in [0, 0.05) is 19.0 Å². The van der Waals surface area contributed by atoms with Gasteiger partial charge in [-0.3, -0.25) is 4.79 Å². The summed E-state index contributed by atoms with van der Waals surface area (Å²) >= 11 is 1.50. The van der Waals surface area contributed by atoms with Crippen LogP contribution >= 0.6 is 11.3 Å². The van der Waals surface area contributed by atoms with Crippen LogP contribution in [0.2, 0.25) is 0 Å². The highest BCUT2D eigenvalue weighted by Crippen LogP contribution is 2.20. The molecule has 3 aromatic rings. The summed E-state index contributed by atoms with van der Waals surface area (Å²) in [6.45, 7) is 1.62. The monoisotopic (exact) mass is 402 g/mol. The maximum Gasteiger partial charge on any atom is 0.289 e. The van der Waals surface area contributed by atoms with Gasteiger partial charge in [-0.25, -0.2) is 4.98 Å². The quantitative estimate of drug-likeness (QED) is 0.516. The van der Waals surface area contributed by atoms with Crippen LogP contribution in [-0.2, 0) is 17.9 Å². The molecule has 0 saturated heterocycles. The van der Waals surface area contributed by atoms with E-state index in [9.17, 15) is 4.79 Å². The van der Waals surface area contributed by atoms with E-state index < -0.39 is 0 Å². The molecule has 148 valence electrons. The van der Waals surface area contributed by atoms with E-state index in [0.717, 1.165) is 22.2 Å². The van der Waals surface area contributed by atoms with E-state index in [2.05, 4.69) is 4.98 Å². The van der Waals surface area contributed by atoms with Gasteiger partial charge in [-0.15, -0.1) is 11.3 Å². The number of ether oxygens (including phenoxy) is 3. The largest absolute Gasteiger partial charge is 0.497 e. The Bertz CT molecular complexity index is 861. The highest BCUT2D eigenvalue weighted by Gasteiger charge is 2.19. The predicted molar refractivity (Wildman–Crippen MR) is 105 cm³/mol. The second-order valence-corrected chi connectivity index (χ2v) is 6.84. The summed E-state index contributed by atoms with van der Waals surface area (Å²) < 4.78 is 21.2. The molecule has 0 atom stereocenters.